The number of Topliss-reactive ketones (excluding diaryl/α,β-unsaturated/α-hetero) is 1. The Kier molecular flexibility index (Phi) is 4.20. The number of aromatic nitrogens is 2. The number of hydrogen-bond donors (Lipinski definition) is 1. The van der Waals surface area contributed by atoms with E-state index in [-0.39, 0.29) is 11.8 Å². The number of hydrogen-bond acceptors (Lipinski definition) is 5. The van der Waals surface area contributed by atoms with E-state index in [0.29, 0.717) is 18.5 Å². The Balaban J connectivity index is 2.16. The van der Waals surface area contributed by atoms with Gasteiger partial charge in [0.1, 0.15) is 0 Å². The van der Waals surface area contributed by atoms with Crippen LogP contribution in [0, 0.1) is 0 Å². The monoisotopic (exact) mass is 257 g/mol. The summed E-state index contributed by atoms with van der Waals surface area (Å²) in [5.41, 5.74) is 8.03. The molecule has 2 aromatic rings. The van der Waals surface area contributed by atoms with Crippen LogP contribution in [0.1, 0.15) is 21.5 Å². The Morgan fingerprint density at radius 3 is 2.42 bits per heavy atom. The molecule has 19 heavy (non-hydrogen) atoms. The lowest BCUT2D eigenvalue weighted by Crippen LogP contribution is -2.09. The van der Waals surface area contributed by atoms with E-state index in [9.17, 15) is 4.79 Å². The quantitative estimate of drug-likeness (QED) is 0.818. The van der Waals surface area contributed by atoms with Crippen molar-refractivity contribution in [2.24, 2.45) is 5.73 Å². The summed E-state index contributed by atoms with van der Waals surface area (Å²) in [7, 11) is 1.48. The number of rotatable bonds is 5. The molecule has 0 bridgehead atoms. The van der Waals surface area contributed by atoms with Gasteiger partial charge in [0, 0.05) is 25.4 Å². The van der Waals surface area contributed by atoms with E-state index >= 15 is 0 Å². The molecule has 0 aliphatic rings. The predicted molar refractivity (Wildman–Crippen MR) is 71.0 cm³/mol. The first-order valence-electron chi connectivity index (χ1n) is 5.90. The summed E-state index contributed by atoms with van der Waals surface area (Å²) in [6.45, 7) is 0.419. The lowest BCUT2D eigenvalue weighted by Gasteiger charge is -2.06. The topological polar surface area (TPSA) is 78.1 Å². The summed E-state index contributed by atoms with van der Waals surface area (Å²) in [6, 6.07) is 7.88. The van der Waals surface area contributed by atoms with Crippen LogP contribution in [0.25, 0.3) is 0 Å². The smallest absolute Gasteiger partial charge is 0.316 e. The normalized spacial score (nSPS) is 10.2. The molecule has 0 fully saturated rings. The van der Waals surface area contributed by atoms with Crippen molar-refractivity contribution >= 4 is 5.78 Å². The van der Waals surface area contributed by atoms with Crippen molar-refractivity contribution in [3.8, 4) is 6.01 Å². The lowest BCUT2D eigenvalue weighted by atomic mass is 10.0. The highest BCUT2D eigenvalue weighted by molar-refractivity contribution is 5.97. The van der Waals surface area contributed by atoms with E-state index in [0.717, 1.165) is 11.1 Å². The molecule has 0 radical (unpaired) electrons. The largest absolute Gasteiger partial charge is 0.467 e. The molecule has 0 saturated carbocycles. The van der Waals surface area contributed by atoms with Crippen molar-refractivity contribution < 1.29 is 9.53 Å². The maximum atomic E-state index is 12.1. The van der Waals surface area contributed by atoms with Crippen LogP contribution in [-0.2, 0) is 13.0 Å². The van der Waals surface area contributed by atoms with Gasteiger partial charge in [-0.1, -0.05) is 24.3 Å². The molecule has 0 atom stereocenters. The number of benzene rings is 1. The van der Waals surface area contributed by atoms with Gasteiger partial charge in [0.2, 0.25) is 0 Å². The minimum Gasteiger partial charge on any atom is -0.467 e. The Labute approximate surface area is 111 Å². The van der Waals surface area contributed by atoms with Gasteiger partial charge in [0.25, 0.3) is 0 Å². The molecule has 0 saturated heterocycles. The molecule has 5 nitrogen and oxygen atoms in total. The number of nitrogens with two attached hydrogens (primary N) is 1. The fourth-order valence-corrected chi connectivity index (χ4v) is 1.77. The van der Waals surface area contributed by atoms with Gasteiger partial charge in [-0.15, -0.1) is 0 Å². The highest BCUT2D eigenvalue weighted by atomic mass is 16.5. The first-order valence-corrected chi connectivity index (χ1v) is 5.90. The van der Waals surface area contributed by atoms with Crippen molar-refractivity contribution in [2.45, 2.75) is 13.0 Å². The van der Waals surface area contributed by atoms with Crippen LogP contribution < -0.4 is 10.5 Å². The van der Waals surface area contributed by atoms with E-state index < -0.39 is 0 Å². The second kappa shape index (κ2) is 6.06. The third-order valence-electron chi connectivity index (χ3n) is 2.82. The average Bonchev–Trinajstić information content (AvgIpc) is 2.48. The molecule has 2 rings (SSSR count). The summed E-state index contributed by atoms with van der Waals surface area (Å²) in [6.07, 6.45) is 3.24. The van der Waals surface area contributed by atoms with E-state index in [1.165, 1.54) is 19.5 Å². The second-order valence-corrected chi connectivity index (χ2v) is 4.03. The number of methoxy groups -OCH3 is 1. The molecule has 0 aliphatic carbocycles. The maximum Gasteiger partial charge on any atom is 0.316 e. The minimum atomic E-state index is -0.0384. The highest BCUT2D eigenvalue weighted by Crippen LogP contribution is 2.12. The van der Waals surface area contributed by atoms with Crippen molar-refractivity contribution in [2.75, 3.05) is 7.11 Å². The number of carbonyl (C=O) groups excluding carboxylic acids is 1. The first kappa shape index (κ1) is 13.2. The van der Waals surface area contributed by atoms with Crippen LogP contribution in [-0.4, -0.2) is 22.9 Å². The number of ketones is 1. The van der Waals surface area contributed by atoms with Gasteiger partial charge in [-0.2, -0.15) is 0 Å². The lowest BCUT2D eigenvalue weighted by molar-refractivity contribution is 0.0992. The fraction of sp³-hybridized carbons (Fsp3) is 0.214. The molecular formula is C14H15N3O2. The van der Waals surface area contributed by atoms with Crippen LogP contribution in [0.3, 0.4) is 0 Å². The summed E-state index contributed by atoms with van der Waals surface area (Å²) in [4.78, 5) is 20.0. The van der Waals surface area contributed by atoms with Gasteiger partial charge in [-0.25, -0.2) is 9.97 Å². The standard InChI is InChI=1S/C14H15N3O2/c1-19-14-16-8-12(9-17-14)13(18)6-10-4-2-3-5-11(10)7-15/h2-5,8-9H,6-7,15H2,1H3. The second-order valence-electron chi connectivity index (χ2n) is 4.03. The van der Waals surface area contributed by atoms with Gasteiger partial charge < -0.3 is 10.5 Å². The fourth-order valence-electron chi connectivity index (χ4n) is 1.77. The SMILES string of the molecule is COc1ncc(C(=O)Cc2ccccc2CN)cn1. The van der Waals surface area contributed by atoms with Gasteiger partial charge in [-0.05, 0) is 11.1 Å². The Morgan fingerprint density at radius 1 is 1.21 bits per heavy atom. The van der Waals surface area contributed by atoms with Gasteiger partial charge >= 0.3 is 6.01 Å². The van der Waals surface area contributed by atoms with E-state index in [2.05, 4.69) is 9.97 Å². The van der Waals surface area contributed by atoms with E-state index in [1.54, 1.807) is 0 Å². The van der Waals surface area contributed by atoms with E-state index in [1.807, 2.05) is 24.3 Å². The highest BCUT2D eigenvalue weighted by Gasteiger charge is 2.10. The van der Waals surface area contributed by atoms with Crippen molar-refractivity contribution in [3.63, 3.8) is 0 Å². The third kappa shape index (κ3) is 3.14. The van der Waals surface area contributed by atoms with Crippen LogP contribution in [0.2, 0.25) is 0 Å². The van der Waals surface area contributed by atoms with Gasteiger partial charge in [0.15, 0.2) is 5.78 Å². The van der Waals surface area contributed by atoms with Crippen LogP contribution in [0.4, 0.5) is 0 Å². The summed E-state index contributed by atoms with van der Waals surface area (Å²) in [5, 5.41) is 0. The molecule has 2 N–H and O–H groups in total. The zero-order valence-electron chi connectivity index (χ0n) is 10.7. The first-order chi connectivity index (χ1) is 9.24. The zero-order chi connectivity index (χ0) is 13.7. The molecule has 5 heteroatoms. The Morgan fingerprint density at radius 2 is 1.84 bits per heavy atom. The third-order valence-corrected chi connectivity index (χ3v) is 2.82. The Hall–Kier alpha value is -2.27. The molecule has 98 valence electrons. The molecule has 1 aromatic heterocycles. The molecule has 0 amide bonds. The molecule has 0 aliphatic heterocycles. The molecule has 1 heterocycles. The van der Waals surface area contributed by atoms with E-state index in [4.69, 9.17) is 10.5 Å². The molecule has 1 aromatic carbocycles. The Bertz CT molecular complexity index is 567. The van der Waals surface area contributed by atoms with Crippen LogP contribution in [0.5, 0.6) is 6.01 Å². The van der Waals surface area contributed by atoms with Crippen molar-refractivity contribution in [1.82, 2.24) is 9.97 Å². The molecule has 0 unspecified atom stereocenters. The average molecular weight is 257 g/mol. The summed E-state index contributed by atoms with van der Waals surface area (Å²) < 4.78 is 4.85. The predicted octanol–water partition coefficient (Wildman–Crippen LogP) is 1.37. The minimum absolute atomic E-state index is 0.0384. The molecular weight excluding hydrogens is 242 g/mol. The number of carbonyl (C=O) groups is 1. The number of nitrogens with zero attached hydrogens (tertiary/aromatic N) is 2. The summed E-state index contributed by atoms with van der Waals surface area (Å²) in [5.74, 6) is -0.0384. The maximum absolute atomic E-state index is 12.1. The van der Waals surface area contributed by atoms with Gasteiger partial charge in [0.05, 0.1) is 12.7 Å². The van der Waals surface area contributed by atoms with Crippen molar-refractivity contribution in [1.29, 1.82) is 0 Å². The van der Waals surface area contributed by atoms with Crippen LogP contribution in [0.15, 0.2) is 36.7 Å². The van der Waals surface area contributed by atoms with Crippen molar-refractivity contribution in [3.05, 3.63) is 53.3 Å². The van der Waals surface area contributed by atoms with Gasteiger partial charge in [-0.3, -0.25) is 4.79 Å². The number of ether oxygens (including phenoxy) is 1. The zero-order valence-corrected chi connectivity index (χ0v) is 10.7. The molecule has 0 spiro atoms. The summed E-state index contributed by atoms with van der Waals surface area (Å²) >= 11 is 0. The van der Waals surface area contributed by atoms with Crippen LogP contribution >= 0.6 is 0 Å².